The quantitative estimate of drug-likeness (QED) is 0.0827. The number of fused-ring (bicyclic) bond motifs is 1. The van der Waals surface area contributed by atoms with Gasteiger partial charge in [0.1, 0.15) is 17.1 Å². The Bertz CT molecular complexity index is 1510. The zero-order chi connectivity index (χ0) is 34.8. The Kier molecular flexibility index (Phi) is 13.5. The van der Waals surface area contributed by atoms with Crippen LogP contribution in [0.5, 0.6) is 11.5 Å². The molecule has 1 aliphatic rings. The summed E-state index contributed by atoms with van der Waals surface area (Å²) in [7, 11) is 0. The zero-order valence-electron chi connectivity index (χ0n) is 31.0. The number of carbonyl (C=O) groups excluding carboxylic acids is 2. The van der Waals surface area contributed by atoms with Gasteiger partial charge in [-0.05, 0) is 100.0 Å². The zero-order valence-corrected chi connectivity index (χ0v) is 31.0. The summed E-state index contributed by atoms with van der Waals surface area (Å²) in [5.41, 5.74) is 4.89. The van der Waals surface area contributed by atoms with E-state index in [-0.39, 0.29) is 17.4 Å². The highest BCUT2D eigenvalue weighted by Crippen LogP contribution is 2.43. The third-order valence-corrected chi connectivity index (χ3v) is 10.6. The predicted molar refractivity (Wildman–Crippen MR) is 198 cm³/mol. The third kappa shape index (κ3) is 10.3. The summed E-state index contributed by atoms with van der Waals surface area (Å²) in [6.45, 7) is 17.7. The van der Waals surface area contributed by atoms with Crippen LogP contribution in [0.4, 0.5) is 0 Å². The Balaban J connectivity index is 1.30. The van der Waals surface area contributed by atoms with Crippen LogP contribution >= 0.6 is 0 Å². The first-order chi connectivity index (χ1) is 22.9. The summed E-state index contributed by atoms with van der Waals surface area (Å²) in [5, 5.41) is 0. The maximum Gasteiger partial charge on any atom is 0.318 e. The molecule has 0 saturated heterocycles. The normalized spacial score (nSPS) is 17.7. The Morgan fingerprint density at radius 1 is 0.792 bits per heavy atom. The molecule has 0 N–H and O–H groups in total. The van der Waals surface area contributed by atoms with E-state index in [4.69, 9.17) is 9.47 Å². The number of ether oxygens (including phenoxy) is 2. The van der Waals surface area contributed by atoms with Crippen molar-refractivity contribution in [2.75, 3.05) is 0 Å². The second-order valence-electron chi connectivity index (χ2n) is 15.5. The van der Waals surface area contributed by atoms with E-state index in [2.05, 4.69) is 41.5 Å². The number of hydrogen-bond acceptors (Lipinski definition) is 4. The van der Waals surface area contributed by atoms with Gasteiger partial charge in [-0.3, -0.25) is 9.59 Å². The van der Waals surface area contributed by atoms with E-state index >= 15 is 0 Å². The number of rotatable bonds is 17. The van der Waals surface area contributed by atoms with Crippen LogP contribution in [-0.4, -0.2) is 17.4 Å². The molecule has 0 spiro atoms. The van der Waals surface area contributed by atoms with E-state index in [1.165, 1.54) is 51.4 Å². The minimum Gasteiger partial charge on any atom is -0.487 e. The average molecular weight is 653 g/mol. The molecule has 0 saturated carbocycles. The lowest BCUT2D eigenvalue weighted by Crippen LogP contribution is -2.37. The fraction of sp³-hybridized carbons (Fsp3) is 0.545. The van der Waals surface area contributed by atoms with Gasteiger partial charge in [0.25, 0.3) is 0 Å². The molecule has 0 bridgehead atoms. The van der Waals surface area contributed by atoms with Gasteiger partial charge in [-0.2, -0.15) is 0 Å². The van der Waals surface area contributed by atoms with Gasteiger partial charge in [0.2, 0.25) is 0 Å². The Hall–Kier alpha value is -3.40. The van der Waals surface area contributed by atoms with Gasteiger partial charge in [-0.1, -0.05) is 121 Å². The van der Waals surface area contributed by atoms with Crippen molar-refractivity contribution in [1.82, 2.24) is 0 Å². The van der Waals surface area contributed by atoms with Crippen LogP contribution in [0, 0.1) is 31.6 Å². The summed E-state index contributed by atoms with van der Waals surface area (Å²) in [6.07, 6.45) is 13.5. The van der Waals surface area contributed by atoms with E-state index < -0.39 is 5.92 Å². The molecule has 3 aromatic rings. The van der Waals surface area contributed by atoms with Gasteiger partial charge >= 0.3 is 5.97 Å². The Labute approximate surface area is 291 Å². The number of carbonyl (C=O) groups is 2. The first-order valence-corrected chi connectivity index (χ1v) is 18.6. The fourth-order valence-electron chi connectivity index (χ4n) is 7.18. The smallest absolute Gasteiger partial charge is 0.318 e. The van der Waals surface area contributed by atoms with Crippen LogP contribution in [0.2, 0.25) is 0 Å². The number of benzene rings is 3. The molecule has 0 aliphatic carbocycles. The first-order valence-electron chi connectivity index (χ1n) is 18.6. The van der Waals surface area contributed by atoms with Crippen molar-refractivity contribution in [3.05, 3.63) is 94.0 Å². The minimum atomic E-state index is -0.524. The molecule has 3 aromatic carbocycles. The van der Waals surface area contributed by atoms with E-state index in [9.17, 15) is 9.59 Å². The maximum absolute atomic E-state index is 13.4. The molecule has 0 amide bonds. The summed E-state index contributed by atoms with van der Waals surface area (Å²) >= 11 is 0. The van der Waals surface area contributed by atoms with Crippen molar-refractivity contribution in [3.8, 4) is 11.5 Å². The van der Waals surface area contributed by atoms with E-state index in [0.29, 0.717) is 16.9 Å². The summed E-state index contributed by atoms with van der Waals surface area (Å²) in [4.78, 5) is 26.4. The largest absolute Gasteiger partial charge is 0.487 e. The van der Waals surface area contributed by atoms with Crippen molar-refractivity contribution in [3.63, 3.8) is 0 Å². The lowest BCUT2D eigenvalue weighted by molar-refractivity contribution is -0.135. The van der Waals surface area contributed by atoms with Gasteiger partial charge in [0, 0.05) is 16.7 Å². The second-order valence-corrected chi connectivity index (χ2v) is 15.5. The fourth-order valence-corrected chi connectivity index (χ4v) is 7.18. The van der Waals surface area contributed by atoms with E-state index in [0.717, 1.165) is 65.0 Å². The van der Waals surface area contributed by atoms with Gasteiger partial charge < -0.3 is 9.47 Å². The van der Waals surface area contributed by atoms with Gasteiger partial charge in [-0.25, -0.2) is 0 Å². The second kappa shape index (κ2) is 17.3. The topological polar surface area (TPSA) is 52.6 Å². The summed E-state index contributed by atoms with van der Waals surface area (Å²) in [6, 6.07) is 18.5. The molecule has 4 rings (SSSR count). The van der Waals surface area contributed by atoms with Gasteiger partial charge in [0.15, 0.2) is 5.78 Å². The highest BCUT2D eigenvalue weighted by Gasteiger charge is 2.34. The highest BCUT2D eigenvalue weighted by molar-refractivity contribution is 6.09. The molecular weight excluding hydrogens is 592 g/mol. The van der Waals surface area contributed by atoms with E-state index in [1.54, 1.807) is 24.3 Å². The molecule has 48 heavy (non-hydrogen) atoms. The van der Waals surface area contributed by atoms with Gasteiger partial charge in [0.05, 0.1) is 5.92 Å². The molecule has 4 heteroatoms. The predicted octanol–water partition coefficient (Wildman–Crippen LogP) is 11.8. The van der Waals surface area contributed by atoms with Crippen molar-refractivity contribution in [2.45, 2.75) is 138 Å². The maximum atomic E-state index is 13.4. The Morgan fingerprint density at radius 3 is 2.08 bits per heavy atom. The number of esters is 1. The molecule has 1 aliphatic heterocycles. The molecule has 260 valence electrons. The lowest BCUT2D eigenvalue weighted by Gasteiger charge is -2.38. The van der Waals surface area contributed by atoms with Crippen molar-refractivity contribution in [2.24, 2.45) is 17.8 Å². The third-order valence-electron chi connectivity index (χ3n) is 10.6. The molecule has 1 heterocycles. The monoisotopic (exact) mass is 652 g/mol. The minimum absolute atomic E-state index is 0.0615. The lowest BCUT2D eigenvalue weighted by atomic mass is 9.84. The summed E-state index contributed by atoms with van der Waals surface area (Å²) in [5.74, 6) is 3.05. The number of aryl methyl sites for hydroxylation is 1. The molecule has 4 atom stereocenters. The van der Waals surface area contributed by atoms with Gasteiger partial charge in [-0.15, -0.1) is 0 Å². The SMILES string of the molecule is Cc1cc(OC(=O)[C@H](C)c2cccc(C(=O)c3ccccc3)c2)c(C)c2c1OC(C)(CCCC(C)CCCC(C)CCCC(C)C)CC2. The first kappa shape index (κ1) is 37.4. The molecule has 3 unspecified atom stereocenters. The van der Waals surface area contributed by atoms with E-state index in [1.807, 2.05) is 50.2 Å². The molecule has 0 fully saturated rings. The van der Waals surface area contributed by atoms with Crippen LogP contribution < -0.4 is 9.47 Å². The Morgan fingerprint density at radius 2 is 1.42 bits per heavy atom. The van der Waals surface area contributed by atoms with Crippen molar-refractivity contribution in [1.29, 1.82) is 0 Å². The van der Waals surface area contributed by atoms with Crippen LogP contribution in [0.3, 0.4) is 0 Å². The molecular formula is C44H60O4. The van der Waals surface area contributed by atoms with Crippen LogP contribution in [0.15, 0.2) is 60.7 Å². The summed E-state index contributed by atoms with van der Waals surface area (Å²) < 4.78 is 12.8. The number of ketones is 1. The van der Waals surface area contributed by atoms with Crippen molar-refractivity contribution >= 4 is 11.8 Å². The van der Waals surface area contributed by atoms with Crippen LogP contribution in [-0.2, 0) is 11.2 Å². The average Bonchev–Trinajstić information content (AvgIpc) is 3.06. The number of hydrogen-bond donors (Lipinski definition) is 0. The van der Waals surface area contributed by atoms with Crippen LogP contribution in [0.1, 0.15) is 150 Å². The molecule has 4 nitrogen and oxygen atoms in total. The highest BCUT2D eigenvalue weighted by atomic mass is 16.5. The van der Waals surface area contributed by atoms with Crippen LogP contribution in [0.25, 0.3) is 0 Å². The van der Waals surface area contributed by atoms with Crippen molar-refractivity contribution < 1.29 is 19.1 Å². The molecule has 0 aromatic heterocycles. The molecule has 0 radical (unpaired) electrons. The standard InChI is InChI=1S/C44H60O4/c1-30(2)16-12-17-31(3)18-13-19-32(4)20-15-26-44(8)27-25-39-35(7)40(28-33(5)42(39)48-44)47-43(46)34(6)37-23-14-24-38(29-37)41(45)36-21-10-9-11-22-36/h9-11,14,21-24,28-32,34H,12-13,15-20,25-27H2,1-8H3/t31?,32?,34-,44?/m1/s1.